The molecule has 1 N–H and O–H groups in total. The maximum absolute atomic E-state index is 13.1. The fraction of sp³-hybridized carbons (Fsp3) is 0.333. The summed E-state index contributed by atoms with van der Waals surface area (Å²) < 4.78 is 41.1. The summed E-state index contributed by atoms with van der Waals surface area (Å²) >= 11 is 5.99. The van der Waals surface area contributed by atoms with E-state index in [9.17, 15) is 18.0 Å². The average molecular weight is 425 g/mol. The minimum absolute atomic E-state index is 0.0630. The van der Waals surface area contributed by atoms with Crippen molar-refractivity contribution >= 4 is 17.5 Å². The van der Waals surface area contributed by atoms with E-state index in [2.05, 4.69) is 20.4 Å². The van der Waals surface area contributed by atoms with E-state index in [0.717, 1.165) is 11.8 Å². The number of amides is 1. The third-order valence-electron chi connectivity index (χ3n) is 4.84. The molecule has 3 heterocycles. The van der Waals surface area contributed by atoms with Gasteiger partial charge in [0, 0.05) is 24.8 Å². The number of carbonyl (C=O) groups is 1. The predicted molar refractivity (Wildman–Crippen MR) is 98.1 cm³/mol. The molecule has 11 heteroatoms. The van der Waals surface area contributed by atoms with Crippen LogP contribution < -0.4 is 0 Å². The molecule has 4 rings (SSSR count). The first-order valence-corrected chi connectivity index (χ1v) is 9.15. The van der Waals surface area contributed by atoms with Crippen LogP contribution >= 0.6 is 11.6 Å². The van der Waals surface area contributed by atoms with E-state index in [1.807, 2.05) is 13.8 Å². The van der Waals surface area contributed by atoms with Crippen LogP contribution in [0.2, 0.25) is 5.02 Å². The number of nitrogens with zero attached hydrogens (tertiary/aromatic N) is 5. The Morgan fingerprint density at radius 2 is 2.00 bits per heavy atom. The van der Waals surface area contributed by atoms with Crippen LogP contribution in [-0.4, -0.2) is 41.8 Å². The van der Waals surface area contributed by atoms with Crippen LogP contribution in [-0.2, 0) is 19.3 Å². The molecule has 1 aromatic carbocycles. The fourth-order valence-corrected chi connectivity index (χ4v) is 3.67. The lowest BCUT2D eigenvalue weighted by molar-refractivity contribution is -0.137. The number of aryl methyl sites for hydroxylation is 1. The quantitative estimate of drug-likeness (QED) is 0.695. The van der Waals surface area contributed by atoms with Crippen molar-refractivity contribution in [1.29, 1.82) is 0 Å². The molecule has 1 unspecified atom stereocenters. The second-order valence-corrected chi connectivity index (χ2v) is 7.33. The van der Waals surface area contributed by atoms with Crippen LogP contribution in [0, 0.1) is 6.92 Å². The van der Waals surface area contributed by atoms with Gasteiger partial charge in [0.05, 0.1) is 10.6 Å². The smallest absolute Gasteiger partial charge is 0.327 e. The largest absolute Gasteiger partial charge is 0.417 e. The highest BCUT2D eigenvalue weighted by Crippen LogP contribution is 2.37. The molecule has 1 aliphatic heterocycles. The fourth-order valence-electron chi connectivity index (χ4n) is 3.38. The van der Waals surface area contributed by atoms with Crippen molar-refractivity contribution in [2.75, 3.05) is 0 Å². The number of H-pyrrole nitrogens is 1. The molecule has 0 fully saturated rings. The molecule has 152 valence electrons. The Labute approximate surface area is 168 Å². The summed E-state index contributed by atoms with van der Waals surface area (Å²) in [6, 6.07) is 5.16. The highest BCUT2D eigenvalue weighted by Gasteiger charge is 2.37. The van der Waals surface area contributed by atoms with Crippen molar-refractivity contribution in [3.8, 4) is 11.5 Å². The van der Waals surface area contributed by atoms with Gasteiger partial charge in [-0.05, 0) is 31.5 Å². The number of fused-ring (bicyclic) bond motifs is 1. The number of aromatic amines is 1. The van der Waals surface area contributed by atoms with Crippen LogP contribution in [0.5, 0.6) is 0 Å². The minimum atomic E-state index is -4.57. The van der Waals surface area contributed by atoms with Crippen molar-refractivity contribution in [3.63, 3.8) is 0 Å². The summed E-state index contributed by atoms with van der Waals surface area (Å²) in [5, 5.41) is 14.6. The molecular weight excluding hydrogens is 409 g/mol. The van der Waals surface area contributed by atoms with Gasteiger partial charge in [-0.1, -0.05) is 23.7 Å². The minimum Gasteiger partial charge on any atom is -0.327 e. The third kappa shape index (κ3) is 3.37. The van der Waals surface area contributed by atoms with Gasteiger partial charge in [0.1, 0.15) is 5.69 Å². The topological polar surface area (TPSA) is 79.7 Å². The van der Waals surface area contributed by atoms with Gasteiger partial charge in [-0.3, -0.25) is 14.5 Å². The van der Waals surface area contributed by atoms with Gasteiger partial charge in [0.15, 0.2) is 5.82 Å². The van der Waals surface area contributed by atoms with Gasteiger partial charge in [-0.15, -0.1) is 10.2 Å². The van der Waals surface area contributed by atoms with E-state index in [0.29, 0.717) is 18.1 Å². The van der Waals surface area contributed by atoms with Gasteiger partial charge < -0.3 is 4.90 Å². The number of benzene rings is 1. The maximum atomic E-state index is 13.1. The monoisotopic (exact) mass is 424 g/mol. The summed E-state index contributed by atoms with van der Waals surface area (Å²) in [5.74, 6) is 0.145. The number of hydrogen-bond donors (Lipinski definition) is 1. The molecule has 1 atom stereocenters. The molecule has 1 amide bonds. The Bertz CT molecular complexity index is 1090. The van der Waals surface area contributed by atoms with Gasteiger partial charge >= 0.3 is 6.18 Å². The van der Waals surface area contributed by atoms with Crippen molar-refractivity contribution in [3.05, 3.63) is 51.9 Å². The Balaban J connectivity index is 1.66. The highest BCUT2D eigenvalue weighted by molar-refractivity contribution is 6.32. The number of nitrogens with one attached hydrogen (secondary N) is 1. The molecular formula is C18H16ClF3N6O. The van der Waals surface area contributed by atoms with Crippen LogP contribution in [0.3, 0.4) is 0 Å². The van der Waals surface area contributed by atoms with Crippen molar-refractivity contribution in [1.82, 2.24) is 29.9 Å². The van der Waals surface area contributed by atoms with E-state index < -0.39 is 22.7 Å². The molecule has 2 aromatic heterocycles. The van der Waals surface area contributed by atoms with Crippen LogP contribution in [0.1, 0.15) is 34.4 Å². The average Bonchev–Trinajstić information content (AvgIpc) is 3.25. The van der Waals surface area contributed by atoms with E-state index >= 15 is 0 Å². The lowest BCUT2D eigenvalue weighted by Gasteiger charge is -2.34. The van der Waals surface area contributed by atoms with Gasteiger partial charge in [0.25, 0.3) is 5.91 Å². The lowest BCUT2D eigenvalue weighted by atomic mass is 10.1. The van der Waals surface area contributed by atoms with Gasteiger partial charge in [0.2, 0.25) is 5.82 Å². The van der Waals surface area contributed by atoms with E-state index in [4.69, 9.17) is 11.6 Å². The van der Waals surface area contributed by atoms with Crippen LogP contribution in [0.15, 0.2) is 24.3 Å². The maximum Gasteiger partial charge on any atom is 0.417 e. The predicted octanol–water partition coefficient (Wildman–Crippen LogP) is 3.69. The molecule has 0 radical (unpaired) electrons. The van der Waals surface area contributed by atoms with Gasteiger partial charge in [-0.2, -0.15) is 18.3 Å². The van der Waals surface area contributed by atoms with Gasteiger partial charge in [-0.25, -0.2) is 0 Å². The molecule has 0 spiro atoms. The molecule has 0 aliphatic carbocycles. The number of hydrogen-bond acceptors (Lipinski definition) is 4. The first-order valence-electron chi connectivity index (χ1n) is 8.78. The zero-order chi connectivity index (χ0) is 20.9. The van der Waals surface area contributed by atoms with Crippen LogP contribution in [0.4, 0.5) is 13.2 Å². The first kappa shape index (κ1) is 19.4. The second kappa shape index (κ2) is 6.87. The molecule has 0 saturated heterocycles. The molecule has 29 heavy (non-hydrogen) atoms. The van der Waals surface area contributed by atoms with Crippen molar-refractivity contribution in [2.45, 2.75) is 39.2 Å². The number of rotatable bonds is 3. The molecule has 7 nitrogen and oxygen atoms in total. The number of halogens is 4. The zero-order valence-electron chi connectivity index (χ0n) is 15.5. The highest BCUT2D eigenvalue weighted by atomic mass is 35.5. The summed E-state index contributed by atoms with van der Waals surface area (Å²) in [6.45, 7) is 3.97. The Kier molecular flexibility index (Phi) is 4.60. The first-order chi connectivity index (χ1) is 13.7. The third-order valence-corrected chi connectivity index (χ3v) is 5.29. The summed E-state index contributed by atoms with van der Waals surface area (Å²) in [5.41, 5.74) is 0.704. The molecule has 0 saturated carbocycles. The molecule has 1 aliphatic rings. The summed E-state index contributed by atoms with van der Waals surface area (Å²) in [6.07, 6.45) is -4.57. The van der Waals surface area contributed by atoms with Crippen molar-refractivity contribution < 1.29 is 18.0 Å². The Hall–Kier alpha value is -2.88. The second-order valence-electron chi connectivity index (χ2n) is 6.95. The Morgan fingerprint density at radius 3 is 2.66 bits per heavy atom. The normalized spacial score (nSPS) is 17.0. The van der Waals surface area contributed by atoms with Crippen molar-refractivity contribution in [2.24, 2.45) is 0 Å². The summed E-state index contributed by atoms with van der Waals surface area (Å²) in [4.78, 5) is 14.4. The van der Waals surface area contributed by atoms with E-state index in [1.54, 1.807) is 10.6 Å². The van der Waals surface area contributed by atoms with Crippen LogP contribution in [0.25, 0.3) is 11.5 Å². The standard InChI is InChI=1S/C18H16ClF3N6O/c1-9-6-13(24-23-9)15-25-26-16-17(29)27(10(2)7-28(15)16)8-11-4-3-5-12(14(11)19)18(20,21)22/h3-6,10H,7-8H2,1-2H3,(H,23,24). The number of carbonyl (C=O) groups excluding carboxylic acids is 1. The summed E-state index contributed by atoms with van der Waals surface area (Å²) in [7, 11) is 0. The lowest BCUT2D eigenvalue weighted by Crippen LogP contribution is -2.46. The zero-order valence-corrected chi connectivity index (χ0v) is 16.2. The van der Waals surface area contributed by atoms with E-state index in [-0.39, 0.29) is 24.0 Å². The molecule has 3 aromatic rings. The Morgan fingerprint density at radius 1 is 1.28 bits per heavy atom. The number of alkyl halides is 3. The molecule has 0 bridgehead atoms. The SMILES string of the molecule is Cc1cc(-c2nnc3n2CC(C)N(Cc2cccc(C(F)(F)F)c2Cl)C3=O)n[nH]1. The number of aromatic nitrogens is 5. The van der Waals surface area contributed by atoms with E-state index in [1.165, 1.54) is 17.0 Å².